The van der Waals surface area contributed by atoms with Gasteiger partial charge in [0.2, 0.25) is 0 Å². The Kier molecular flexibility index (Phi) is 3.27. The minimum atomic E-state index is 0.593. The van der Waals surface area contributed by atoms with Crippen molar-refractivity contribution in [3.63, 3.8) is 0 Å². The molecular weight excluding hydrogens is 234 g/mol. The van der Waals surface area contributed by atoms with E-state index in [4.69, 9.17) is 5.26 Å². The molecule has 0 aliphatic carbocycles. The topological polar surface area (TPSA) is 32.0 Å². The fourth-order valence-corrected chi connectivity index (χ4v) is 3.05. The van der Waals surface area contributed by atoms with Gasteiger partial charge < -0.3 is 9.47 Å². The van der Waals surface area contributed by atoms with Crippen molar-refractivity contribution < 1.29 is 0 Å². The Morgan fingerprint density at radius 2 is 2.11 bits per heavy atom. The lowest BCUT2D eigenvalue weighted by Gasteiger charge is -2.18. The lowest BCUT2D eigenvalue weighted by Crippen LogP contribution is -2.19. The molecule has 0 radical (unpaired) electrons. The van der Waals surface area contributed by atoms with E-state index in [-0.39, 0.29) is 0 Å². The first-order valence-electron chi connectivity index (χ1n) is 6.97. The predicted octanol–water partition coefficient (Wildman–Crippen LogP) is 3.17. The van der Waals surface area contributed by atoms with Gasteiger partial charge in [-0.2, -0.15) is 5.26 Å². The van der Waals surface area contributed by atoms with Gasteiger partial charge in [-0.15, -0.1) is 0 Å². The SMILES string of the molecule is CN1CCCC(n2ccc3cc(C#N)ccc32)CC1. The molecule has 19 heavy (non-hydrogen) atoms. The molecule has 3 rings (SSSR count). The summed E-state index contributed by atoms with van der Waals surface area (Å²) in [7, 11) is 2.20. The number of benzene rings is 1. The first kappa shape index (κ1) is 12.3. The smallest absolute Gasteiger partial charge is 0.0991 e. The number of hydrogen-bond donors (Lipinski definition) is 0. The van der Waals surface area contributed by atoms with Gasteiger partial charge in [0.05, 0.1) is 11.6 Å². The van der Waals surface area contributed by atoms with Gasteiger partial charge in [-0.1, -0.05) is 0 Å². The number of fused-ring (bicyclic) bond motifs is 1. The van der Waals surface area contributed by atoms with Crippen molar-refractivity contribution in [1.82, 2.24) is 9.47 Å². The highest BCUT2D eigenvalue weighted by Gasteiger charge is 2.17. The molecule has 0 amide bonds. The van der Waals surface area contributed by atoms with Gasteiger partial charge in [0.1, 0.15) is 0 Å². The Hall–Kier alpha value is -1.79. The molecule has 3 nitrogen and oxygen atoms in total. The Bertz CT molecular complexity index is 620. The van der Waals surface area contributed by atoms with Crippen LogP contribution in [0.5, 0.6) is 0 Å². The molecular formula is C16H19N3. The summed E-state index contributed by atoms with van der Waals surface area (Å²) in [5.74, 6) is 0. The fourth-order valence-electron chi connectivity index (χ4n) is 3.05. The third-order valence-electron chi connectivity index (χ3n) is 4.16. The first-order valence-corrected chi connectivity index (χ1v) is 6.97. The average Bonchev–Trinajstić information content (AvgIpc) is 2.73. The molecule has 1 aliphatic rings. The summed E-state index contributed by atoms with van der Waals surface area (Å²) in [5.41, 5.74) is 2.00. The molecule has 1 unspecified atom stereocenters. The molecule has 1 fully saturated rings. The quantitative estimate of drug-likeness (QED) is 0.782. The third-order valence-corrected chi connectivity index (χ3v) is 4.16. The zero-order chi connectivity index (χ0) is 13.2. The summed E-state index contributed by atoms with van der Waals surface area (Å²) >= 11 is 0. The van der Waals surface area contributed by atoms with E-state index in [1.54, 1.807) is 0 Å². The molecule has 3 heteroatoms. The highest BCUT2D eigenvalue weighted by molar-refractivity contribution is 5.81. The Balaban J connectivity index is 1.94. The van der Waals surface area contributed by atoms with Gasteiger partial charge in [0, 0.05) is 23.1 Å². The van der Waals surface area contributed by atoms with Crippen molar-refractivity contribution in [3.8, 4) is 6.07 Å². The normalized spacial score (nSPS) is 21.2. The number of hydrogen-bond acceptors (Lipinski definition) is 2. The van der Waals surface area contributed by atoms with Crippen LogP contribution in [0, 0.1) is 11.3 Å². The van der Waals surface area contributed by atoms with Crippen LogP contribution in [0.3, 0.4) is 0 Å². The summed E-state index contributed by atoms with van der Waals surface area (Å²) in [6.45, 7) is 2.37. The van der Waals surface area contributed by atoms with Crippen molar-refractivity contribution in [2.75, 3.05) is 20.1 Å². The van der Waals surface area contributed by atoms with Crippen LogP contribution in [0.1, 0.15) is 30.9 Å². The van der Waals surface area contributed by atoms with Crippen LogP contribution >= 0.6 is 0 Å². The number of rotatable bonds is 1. The van der Waals surface area contributed by atoms with Crippen molar-refractivity contribution in [2.45, 2.75) is 25.3 Å². The number of nitriles is 1. The second-order valence-corrected chi connectivity index (χ2v) is 5.50. The average molecular weight is 253 g/mol. The standard InChI is InChI=1S/C16H19N3/c1-18-8-2-3-15(7-9-18)19-10-6-14-11-13(12-17)4-5-16(14)19/h4-6,10-11,15H,2-3,7-9H2,1H3. The molecule has 1 aromatic carbocycles. The van der Waals surface area contributed by atoms with Gasteiger partial charge in [-0.05, 0) is 63.7 Å². The fraction of sp³-hybridized carbons (Fsp3) is 0.438. The van der Waals surface area contributed by atoms with E-state index in [1.807, 2.05) is 12.1 Å². The molecule has 2 heterocycles. The van der Waals surface area contributed by atoms with Crippen LogP contribution in [0.15, 0.2) is 30.5 Å². The summed E-state index contributed by atoms with van der Waals surface area (Å²) in [6.07, 6.45) is 5.90. The van der Waals surface area contributed by atoms with E-state index in [9.17, 15) is 0 Å². The van der Waals surface area contributed by atoms with E-state index in [1.165, 1.54) is 43.3 Å². The monoisotopic (exact) mass is 253 g/mol. The maximum absolute atomic E-state index is 8.96. The largest absolute Gasteiger partial charge is 0.344 e. The molecule has 1 aromatic heterocycles. The molecule has 2 aromatic rings. The first-order chi connectivity index (χ1) is 9.28. The Morgan fingerprint density at radius 1 is 1.21 bits per heavy atom. The Morgan fingerprint density at radius 3 is 2.95 bits per heavy atom. The highest BCUT2D eigenvalue weighted by Crippen LogP contribution is 2.28. The minimum absolute atomic E-state index is 0.593. The van der Waals surface area contributed by atoms with Crippen molar-refractivity contribution in [3.05, 3.63) is 36.0 Å². The van der Waals surface area contributed by atoms with Gasteiger partial charge in [-0.3, -0.25) is 0 Å². The van der Waals surface area contributed by atoms with Crippen LogP contribution in [0.4, 0.5) is 0 Å². The van der Waals surface area contributed by atoms with Gasteiger partial charge in [0.25, 0.3) is 0 Å². The summed E-state index contributed by atoms with van der Waals surface area (Å²) in [4.78, 5) is 2.42. The Labute approximate surface area is 114 Å². The van der Waals surface area contributed by atoms with E-state index in [0.29, 0.717) is 6.04 Å². The van der Waals surface area contributed by atoms with Gasteiger partial charge in [0.15, 0.2) is 0 Å². The summed E-state index contributed by atoms with van der Waals surface area (Å²) in [6, 6.07) is 10.9. The van der Waals surface area contributed by atoms with Crippen LogP contribution in [-0.4, -0.2) is 29.6 Å². The van der Waals surface area contributed by atoms with Gasteiger partial charge >= 0.3 is 0 Å². The lowest BCUT2D eigenvalue weighted by molar-refractivity contribution is 0.342. The van der Waals surface area contributed by atoms with Gasteiger partial charge in [-0.25, -0.2) is 0 Å². The number of nitrogens with zero attached hydrogens (tertiary/aromatic N) is 3. The predicted molar refractivity (Wildman–Crippen MR) is 77.0 cm³/mol. The molecule has 1 atom stereocenters. The molecule has 0 spiro atoms. The van der Waals surface area contributed by atoms with E-state index in [0.717, 1.165) is 5.56 Å². The van der Waals surface area contributed by atoms with Crippen molar-refractivity contribution in [1.29, 1.82) is 5.26 Å². The van der Waals surface area contributed by atoms with E-state index < -0.39 is 0 Å². The molecule has 1 saturated heterocycles. The molecule has 98 valence electrons. The molecule has 1 aliphatic heterocycles. The molecule has 0 bridgehead atoms. The van der Waals surface area contributed by atoms with Crippen molar-refractivity contribution >= 4 is 10.9 Å². The zero-order valence-electron chi connectivity index (χ0n) is 11.3. The maximum Gasteiger partial charge on any atom is 0.0991 e. The molecule has 0 N–H and O–H groups in total. The van der Waals surface area contributed by atoms with Crippen LogP contribution in [-0.2, 0) is 0 Å². The van der Waals surface area contributed by atoms with Crippen LogP contribution in [0.25, 0.3) is 10.9 Å². The van der Waals surface area contributed by atoms with E-state index >= 15 is 0 Å². The van der Waals surface area contributed by atoms with Crippen LogP contribution < -0.4 is 0 Å². The number of likely N-dealkylation sites (tertiary alicyclic amines) is 1. The minimum Gasteiger partial charge on any atom is -0.344 e. The summed E-state index contributed by atoms with van der Waals surface area (Å²) < 4.78 is 2.40. The molecule has 0 saturated carbocycles. The second-order valence-electron chi connectivity index (χ2n) is 5.50. The lowest BCUT2D eigenvalue weighted by atomic mass is 10.1. The second kappa shape index (κ2) is 5.07. The highest BCUT2D eigenvalue weighted by atomic mass is 15.1. The van der Waals surface area contributed by atoms with E-state index in [2.05, 4.69) is 40.9 Å². The van der Waals surface area contributed by atoms with Crippen LogP contribution in [0.2, 0.25) is 0 Å². The zero-order valence-corrected chi connectivity index (χ0v) is 11.3. The number of aromatic nitrogens is 1. The van der Waals surface area contributed by atoms with Crippen molar-refractivity contribution in [2.24, 2.45) is 0 Å². The summed E-state index contributed by atoms with van der Waals surface area (Å²) in [5, 5.41) is 10.1. The maximum atomic E-state index is 8.96. The third kappa shape index (κ3) is 2.36.